The number of nitrogens with zero attached hydrogens (tertiary/aromatic N) is 2. The summed E-state index contributed by atoms with van der Waals surface area (Å²) in [7, 11) is 2.21. The van der Waals surface area contributed by atoms with Crippen LogP contribution in [-0.4, -0.2) is 49.1 Å². The van der Waals surface area contributed by atoms with Gasteiger partial charge in [-0.2, -0.15) is 0 Å². The van der Waals surface area contributed by atoms with Crippen molar-refractivity contribution in [2.75, 3.05) is 33.2 Å². The minimum Gasteiger partial charge on any atom is -0.323 e. The van der Waals surface area contributed by atoms with Crippen molar-refractivity contribution in [3.8, 4) is 0 Å². The fourth-order valence-corrected chi connectivity index (χ4v) is 3.05. The molecule has 3 nitrogen and oxygen atoms in total. The third-order valence-corrected chi connectivity index (χ3v) is 4.43. The zero-order chi connectivity index (χ0) is 14.5. The van der Waals surface area contributed by atoms with Crippen molar-refractivity contribution >= 4 is 0 Å². The number of nitrogens with two attached hydrogens (primary N) is 1. The average molecular weight is 275 g/mol. The van der Waals surface area contributed by atoms with Gasteiger partial charge in [0, 0.05) is 25.2 Å². The zero-order valence-corrected chi connectivity index (χ0v) is 13.2. The summed E-state index contributed by atoms with van der Waals surface area (Å²) >= 11 is 0. The lowest BCUT2D eigenvalue weighted by molar-refractivity contribution is 0.192. The smallest absolute Gasteiger partial charge is 0.0424 e. The monoisotopic (exact) mass is 275 g/mol. The molecule has 2 atom stereocenters. The van der Waals surface area contributed by atoms with Crippen LogP contribution in [0.4, 0.5) is 0 Å². The normalized spacial score (nSPS) is 23.5. The first kappa shape index (κ1) is 15.5. The summed E-state index contributed by atoms with van der Waals surface area (Å²) in [5.74, 6) is 0. The van der Waals surface area contributed by atoms with Gasteiger partial charge in [0.15, 0.2) is 0 Å². The summed E-state index contributed by atoms with van der Waals surface area (Å²) in [6.45, 7) is 8.95. The quantitative estimate of drug-likeness (QED) is 0.915. The summed E-state index contributed by atoms with van der Waals surface area (Å²) in [6, 6.07) is 9.50. The van der Waals surface area contributed by atoms with E-state index in [1.165, 1.54) is 24.1 Å². The molecule has 1 saturated heterocycles. The van der Waals surface area contributed by atoms with E-state index in [-0.39, 0.29) is 6.04 Å². The van der Waals surface area contributed by atoms with E-state index in [4.69, 9.17) is 5.73 Å². The van der Waals surface area contributed by atoms with Crippen molar-refractivity contribution < 1.29 is 0 Å². The first-order valence-electron chi connectivity index (χ1n) is 7.87. The molecule has 112 valence electrons. The Bertz CT molecular complexity index is 401. The zero-order valence-electron chi connectivity index (χ0n) is 13.2. The second kappa shape index (κ2) is 7.21. The van der Waals surface area contributed by atoms with E-state index in [1.54, 1.807) is 0 Å². The highest BCUT2D eigenvalue weighted by Crippen LogP contribution is 2.17. The predicted molar refractivity (Wildman–Crippen MR) is 85.9 cm³/mol. The lowest BCUT2D eigenvalue weighted by atomic mass is 10.0. The highest BCUT2D eigenvalue weighted by atomic mass is 15.2. The van der Waals surface area contributed by atoms with Crippen LogP contribution in [0.3, 0.4) is 0 Å². The van der Waals surface area contributed by atoms with Crippen LogP contribution in [0, 0.1) is 0 Å². The Morgan fingerprint density at radius 2 is 1.95 bits per heavy atom. The molecule has 1 aromatic carbocycles. The molecule has 20 heavy (non-hydrogen) atoms. The number of rotatable bonds is 4. The van der Waals surface area contributed by atoms with Gasteiger partial charge in [-0.1, -0.05) is 31.2 Å². The number of hydrogen-bond donors (Lipinski definition) is 1. The summed E-state index contributed by atoms with van der Waals surface area (Å²) in [5, 5.41) is 0. The van der Waals surface area contributed by atoms with Crippen LogP contribution in [-0.2, 0) is 6.42 Å². The fourth-order valence-electron chi connectivity index (χ4n) is 3.05. The van der Waals surface area contributed by atoms with E-state index in [0.717, 1.165) is 26.1 Å². The van der Waals surface area contributed by atoms with Crippen molar-refractivity contribution in [2.24, 2.45) is 5.73 Å². The highest BCUT2D eigenvalue weighted by Gasteiger charge is 2.21. The van der Waals surface area contributed by atoms with Crippen LogP contribution < -0.4 is 5.73 Å². The van der Waals surface area contributed by atoms with Gasteiger partial charge in [-0.25, -0.2) is 0 Å². The second-order valence-electron chi connectivity index (χ2n) is 6.16. The summed E-state index contributed by atoms with van der Waals surface area (Å²) in [5.41, 5.74) is 9.05. The maximum absolute atomic E-state index is 6.41. The van der Waals surface area contributed by atoms with Gasteiger partial charge >= 0.3 is 0 Å². The van der Waals surface area contributed by atoms with Crippen molar-refractivity contribution in [2.45, 2.75) is 38.8 Å². The molecule has 0 radical (unpaired) electrons. The van der Waals surface area contributed by atoms with Crippen molar-refractivity contribution in [3.05, 3.63) is 35.4 Å². The van der Waals surface area contributed by atoms with Crippen LogP contribution >= 0.6 is 0 Å². The third kappa shape index (κ3) is 4.05. The molecule has 1 heterocycles. The van der Waals surface area contributed by atoms with Gasteiger partial charge in [-0.05, 0) is 51.0 Å². The molecule has 2 rings (SSSR count). The van der Waals surface area contributed by atoms with E-state index in [2.05, 4.69) is 55.0 Å². The lowest BCUT2D eigenvalue weighted by Crippen LogP contribution is -2.41. The van der Waals surface area contributed by atoms with E-state index >= 15 is 0 Å². The molecule has 1 aliphatic rings. The van der Waals surface area contributed by atoms with Gasteiger partial charge in [-0.3, -0.25) is 4.90 Å². The molecule has 0 spiro atoms. The summed E-state index contributed by atoms with van der Waals surface area (Å²) in [4.78, 5) is 4.97. The molecular weight excluding hydrogens is 246 g/mol. The molecule has 3 heteroatoms. The van der Waals surface area contributed by atoms with Crippen LogP contribution in [0.1, 0.15) is 37.4 Å². The maximum Gasteiger partial charge on any atom is 0.0424 e. The van der Waals surface area contributed by atoms with Gasteiger partial charge in [0.25, 0.3) is 0 Å². The van der Waals surface area contributed by atoms with Crippen LogP contribution in [0.15, 0.2) is 24.3 Å². The number of hydrogen-bond acceptors (Lipinski definition) is 3. The lowest BCUT2D eigenvalue weighted by Gasteiger charge is -2.30. The second-order valence-corrected chi connectivity index (χ2v) is 6.16. The molecule has 0 aromatic heterocycles. The molecule has 0 amide bonds. The van der Waals surface area contributed by atoms with Crippen LogP contribution in [0.2, 0.25) is 0 Å². The Hall–Kier alpha value is -0.900. The van der Waals surface area contributed by atoms with Gasteiger partial charge in [-0.15, -0.1) is 0 Å². The molecular formula is C17H29N3. The van der Waals surface area contributed by atoms with Gasteiger partial charge < -0.3 is 10.6 Å². The predicted octanol–water partition coefficient (Wildman–Crippen LogP) is 2.27. The molecule has 2 unspecified atom stereocenters. The largest absolute Gasteiger partial charge is 0.323 e. The van der Waals surface area contributed by atoms with E-state index in [0.29, 0.717) is 6.04 Å². The standard InChI is InChI=1S/C17H29N3/c1-4-15-6-8-16(9-7-15)17(18)13-20-11-5-10-19(3)12-14(20)2/h6-9,14,17H,4-5,10-13,18H2,1-3H3. The minimum absolute atomic E-state index is 0.117. The third-order valence-electron chi connectivity index (χ3n) is 4.43. The topological polar surface area (TPSA) is 32.5 Å². The molecule has 2 N–H and O–H groups in total. The highest BCUT2D eigenvalue weighted by molar-refractivity contribution is 5.25. The molecule has 1 aliphatic heterocycles. The first-order valence-corrected chi connectivity index (χ1v) is 7.87. The van der Waals surface area contributed by atoms with Gasteiger partial charge in [0.1, 0.15) is 0 Å². The van der Waals surface area contributed by atoms with Crippen molar-refractivity contribution in [1.29, 1.82) is 0 Å². The number of aryl methyl sites for hydroxylation is 1. The van der Waals surface area contributed by atoms with Crippen molar-refractivity contribution in [3.63, 3.8) is 0 Å². The van der Waals surface area contributed by atoms with Gasteiger partial charge in [0.2, 0.25) is 0 Å². The Morgan fingerprint density at radius 3 is 2.60 bits per heavy atom. The Kier molecular flexibility index (Phi) is 5.58. The van der Waals surface area contributed by atoms with E-state index < -0.39 is 0 Å². The SMILES string of the molecule is CCc1ccc(C(N)CN2CCCN(C)CC2C)cc1. The Morgan fingerprint density at radius 1 is 1.25 bits per heavy atom. The van der Waals surface area contributed by atoms with Crippen LogP contribution in [0.5, 0.6) is 0 Å². The van der Waals surface area contributed by atoms with Crippen molar-refractivity contribution in [1.82, 2.24) is 9.80 Å². The Balaban J connectivity index is 1.96. The summed E-state index contributed by atoms with van der Waals surface area (Å²) in [6.07, 6.45) is 2.33. The molecule has 1 aromatic rings. The van der Waals surface area contributed by atoms with E-state index in [9.17, 15) is 0 Å². The summed E-state index contributed by atoms with van der Waals surface area (Å²) < 4.78 is 0. The molecule has 0 bridgehead atoms. The van der Waals surface area contributed by atoms with Gasteiger partial charge in [0.05, 0.1) is 0 Å². The Labute approximate surface area is 123 Å². The molecule has 0 saturated carbocycles. The molecule has 0 aliphatic carbocycles. The number of likely N-dealkylation sites (N-methyl/N-ethyl adjacent to an activating group) is 1. The number of benzene rings is 1. The molecule has 1 fully saturated rings. The fraction of sp³-hybridized carbons (Fsp3) is 0.647. The minimum atomic E-state index is 0.117. The average Bonchev–Trinajstić information content (AvgIpc) is 2.60. The maximum atomic E-state index is 6.41. The first-order chi connectivity index (χ1) is 9.60. The van der Waals surface area contributed by atoms with Crippen LogP contribution in [0.25, 0.3) is 0 Å². The van der Waals surface area contributed by atoms with E-state index in [1.807, 2.05) is 0 Å².